The Morgan fingerprint density at radius 1 is 1.45 bits per heavy atom. The molecule has 5 nitrogen and oxygen atoms in total. The van der Waals surface area contributed by atoms with E-state index in [1.807, 2.05) is 22.6 Å². The predicted molar refractivity (Wildman–Crippen MR) is 85.7 cm³/mol. The van der Waals surface area contributed by atoms with Crippen LogP contribution in [0.5, 0.6) is 0 Å². The Hall–Kier alpha value is -0.630. The molecule has 0 amide bonds. The Balaban J connectivity index is 2.31. The van der Waals surface area contributed by atoms with Crippen molar-refractivity contribution < 1.29 is 5.11 Å². The van der Waals surface area contributed by atoms with E-state index in [2.05, 4.69) is 25.8 Å². The van der Waals surface area contributed by atoms with E-state index in [1.54, 1.807) is 10.8 Å². The lowest BCUT2D eigenvalue weighted by Gasteiger charge is -2.40. The zero-order chi connectivity index (χ0) is 15.1. The smallest absolute Gasteiger partial charge is 0.328 e. The van der Waals surface area contributed by atoms with Gasteiger partial charge in [0.25, 0.3) is 5.56 Å². The molecule has 2 N–H and O–H groups in total. The van der Waals surface area contributed by atoms with Crippen LogP contribution in [0.1, 0.15) is 33.6 Å². The van der Waals surface area contributed by atoms with Crippen LogP contribution in [0.4, 0.5) is 0 Å². The fraction of sp³-hybridized carbons (Fsp3) is 0.714. The maximum absolute atomic E-state index is 11.9. The molecule has 1 saturated carbocycles. The van der Waals surface area contributed by atoms with Gasteiger partial charge in [0.1, 0.15) is 0 Å². The Morgan fingerprint density at radius 3 is 2.65 bits per heavy atom. The quantitative estimate of drug-likeness (QED) is 0.768. The van der Waals surface area contributed by atoms with Crippen molar-refractivity contribution in [3.8, 4) is 0 Å². The van der Waals surface area contributed by atoms with Crippen molar-refractivity contribution in [2.24, 2.45) is 16.7 Å². The van der Waals surface area contributed by atoms with Gasteiger partial charge >= 0.3 is 5.69 Å². The summed E-state index contributed by atoms with van der Waals surface area (Å²) in [6, 6.07) is 0. The number of aromatic nitrogens is 2. The second-order valence-electron chi connectivity index (χ2n) is 6.56. The molecule has 0 saturated heterocycles. The zero-order valence-electron chi connectivity index (χ0n) is 12.1. The molecule has 1 aliphatic carbocycles. The summed E-state index contributed by atoms with van der Waals surface area (Å²) in [6.45, 7) is 7.15. The van der Waals surface area contributed by atoms with E-state index in [0.29, 0.717) is 16.0 Å². The molecule has 1 aliphatic rings. The van der Waals surface area contributed by atoms with Crippen LogP contribution in [0.15, 0.2) is 15.8 Å². The Labute approximate surface area is 131 Å². The Bertz CT molecular complexity index is 620. The molecule has 0 bridgehead atoms. The first-order chi connectivity index (χ1) is 9.21. The maximum atomic E-state index is 11.9. The van der Waals surface area contributed by atoms with Crippen molar-refractivity contribution in [1.82, 2.24) is 9.55 Å². The largest absolute Gasteiger partial charge is 0.396 e. The molecule has 112 valence electrons. The zero-order valence-corrected chi connectivity index (χ0v) is 14.2. The summed E-state index contributed by atoms with van der Waals surface area (Å²) in [7, 11) is 0. The van der Waals surface area contributed by atoms with Crippen molar-refractivity contribution in [1.29, 1.82) is 0 Å². The number of aliphatic hydroxyl groups excluding tert-OH is 1. The van der Waals surface area contributed by atoms with Gasteiger partial charge in [-0.15, -0.1) is 0 Å². The second-order valence-corrected chi connectivity index (χ2v) is 7.73. The van der Waals surface area contributed by atoms with Gasteiger partial charge in [-0.3, -0.25) is 14.3 Å². The Morgan fingerprint density at radius 2 is 2.10 bits per heavy atom. The number of halogens is 1. The summed E-state index contributed by atoms with van der Waals surface area (Å²) in [4.78, 5) is 25.6. The molecule has 0 radical (unpaired) electrons. The van der Waals surface area contributed by atoms with Crippen LogP contribution >= 0.6 is 22.6 Å². The summed E-state index contributed by atoms with van der Waals surface area (Å²) in [5, 5.41) is 9.66. The third-order valence-corrected chi connectivity index (χ3v) is 6.12. The van der Waals surface area contributed by atoms with Crippen LogP contribution in [-0.4, -0.2) is 21.3 Å². The highest BCUT2D eigenvalue weighted by Gasteiger charge is 2.50. The summed E-state index contributed by atoms with van der Waals surface area (Å²) < 4.78 is 2.10. The van der Waals surface area contributed by atoms with Gasteiger partial charge in [-0.1, -0.05) is 20.8 Å². The monoisotopic (exact) mass is 392 g/mol. The van der Waals surface area contributed by atoms with E-state index in [-0.39, 0.29) is 28.7 Å². The van der Waals surface area contributed by atoms with Crippen LogP contribution in [0.25, 0.3) is 0 Å². The van der Waals surface area contributed by atoms with Crippen LogP contribution in [0.3, 0.4) is 0 Å². The lowest BCUT2D eigenvalue weighted by atomic mass is 9.66. The lowest BCUT2D eigenvalue weighted by molar-refractivity contribution is 0.0213. The number of hydrogen-bond acceptors (Lipinski definition) is 3. The van der Waals surface area contributed by atoms with Gasteiger partial charge in [0.2, 0.25) is 0 Å². The molecule has 1 aromatic heterocycles. The van der Waals surface area contributed by atoms with Crippen LogP contribution in [0.2, 0.25) is 0 Å². The van der Waals surface area contributed by atoms with Gasteiger partial charge in [0, 0.05) is 19.3 Å². The van der Waals surface area contributed by atoms with Gasteiger partial charge in [-0.05, 0) is 52.2 Å². The molecular formula is C14H21IN2O3. The number of aromatic amines is 1. The van der Waals surface area contributed by atoms with Crippen molar-refractivity contribution in [2.75, 3.05) is 6.61 Å². The third kappa shape index (κ3) is 2.47. The van der Waals surface area contributed by atoms with E-state index >= 15 is 0 Å². The minimum absolute atomic E-state index is 0.0528. The first kappa shape index (κ1) is 15.8. The number of rotatable bonds is 3. The second kappa shape index (κ2) is 5.29. The van der Waals surface area contributed by atoms with Gasteiger partial charge in [0.15, 0.2) is 0 Å². The molecule has 1 fully saturated rings. The Kier molecular flexibility index (Phi) is 4.17. The van der Waals surface area contributed by atoms with Crippen LogP contribution in [-0.2, 0) is 6.54 Å². The topological polar surface area (TPSA) is 75.1 Å². The average molecular weight is 392 g/mol. The fourth-order valence-corrected chi connectivity index (χ4v) is 3.60. The summed E-state index contributed by atoms with van der Waals surface area (Å²) >= 11 is 1.93. The average Bonchev–Trinajstić information content (AvgIpc) is 2.60. The van der Waals surface area contributed by atoms with Gasteiger partial charge < -0.3 is 5.11 Å². The summed E-state index contributed by atoms with van der Waals surface area (Å²) in [5.41, 5.74) is -0.860. The molecule has 20 heavy (non-hydrogen) atoms. The maximum Gasteiger partial charge on any atom is 0.328 e. The highest BCUT2D eigenvalue weighted by Crippen LogP contribution is 2.55. The number of aliphatic hydroxyl groups is 1. The molecule has 1 heterocycles. The first-order valence-corrected chi connectivity index (χ1v) is 7.89. The predicted octanol–water partition coefficient (Wildman–Crippen LogP) is 1.58. The minimum atomic E-state index is -0.358. The highest BCUT2D eigenvalue weighted by molar-refractivity contribution is 14.1. The van der Waals surface area contributed by atoms with Crippen molar-refractivity contribution >= 4 is 22.6 Å². The van der Waals surface area contributed by atoms with E-state index in [0.717, 1.165) is 12.8 Å². The van der Waals surface area contributed by atoms with Crippen LogP contribution < -0.4 is 11.2 Å². The van der Waals surface area contributed by atoms with Crippen LogP contribution in [0, 0.1) is 20.3 Å². The van der Waals surface area contributed by atoms with E-state index in [9.17, 15) is 14.7 Å². The third-order valence-electron chi connectivity index (χ3n) is 5.35. The molecular weight excluding hydrogens is 371 g/mol. The molecule has 6 heteroatoms. The lowest BCUT2D eigenvalue weighted by Crippen LogP contribution is -2.40. The number of nitrogens with zero attached hydrogens (tertiary/aromatic N) is 1. The molecule has 2 rings (SSSR count). The van der Waals surface area contributed by atoms with Gasteiger partial charge in [0.05, 0.1) is 3.57 Å². The SMILES string of the molecule is CC1(C)[C@@H](Cn2cc(I)c(=O)[nH]c2=O)CC[C@@]1(C)CO. The normalized spacial score (nSPS) is 28.8. The van der Waals surface area contributed by atoms with E-state index in [1.165, 1.54) is 0 Å². The fourth-order valence-electron chi connectivity index (χ4n) is 3.13. The molecule has 0 unspecified atom stereocenters. The molecule has 0 aliphatic heterocycles. The first-order valence-electron chi connectivity index (χ1n) is 6.81. The van der Waals surface area contributed by atoms with Crippen molar-refractivity contribution in [3.63, 3.8) is 0 Å². The van der Waals surface area contributed by atoms with Crippen molar-refractivity contribution in [3.05, 3.63) is 30.6 Å². The molecule has 2 atom stereocenters. The minimum Gasteiger partial charge on any atom is -0.396 e. The van der Waals surface area contributed by atoms with E-state index < -0.39 is 0 Å². The number of hydrogen-bond donors (Lipinski definition) is 2. The van der Waals surface area contributed by atoms with Gasteiger partial charge in [-0.25, -0.2) is 4.79 Å². The number of H-pyrrole nitrogens is 1. The van der Waals surface area contributed by atoms with E-state index in [4.69, 9.17) is 0 Å². The standard InChI is InChI=1S/C14H21IN2O3/c1-13(2)9(4-5-14(13,3)8-18)6-17-7-10(15)11(19)16-12(17)20/h7,9,18H,4-6,8H2,1-3H3,(H,16,19,20)/t9-,14+/m1/s1. The molecule has 1 aromatic rings. The molecule has 0 spiro atoms. The number of nitrogens with one attached hydrogen (secondary N) is 1. The molecule has 0 aromatic carbocycles. The van der Waals surface area contributed by atoms with Gasteiger partial charge in [-0.2, -0.15) is 0 Å². The van der Waals surface area contributed by atoms with Crippen molar-refractivity contribution in [2.45, 2.75) is 40.2 Å². The summed E-state index contributed by atoms with van der Waals surface area (Å²) in [5.74, 6) is 0.305. The summed E-state index contributed by atoms with van der Waals surface area (Å²) in [6.07, 6.45) is 3.55. The highest BCUT2D eigenvalue weighted by atomic mass is 127.